The van der Waals surface area contributed by atoms with Crippen LogP contribution in [0.15, 0.2) is 22.7 Å². The van der Waals surface area contributed by atoms with Gasteiger partial charge in [-0.05, 0) is 19.1 Å². The van der Waals surface area contributed by atoms with Crippen LogP contribution in [0.2, 0.25) is 10.0 Å². The number of halogens is 2. The van der Waals surface area contributed by atoms with Crippen molar-refractivity contribution in [1.29, 1.82) is 0 Å². The van der Waals surface area contributed by atoms with Gasteiger partial charge in [0.05, 0.1) is 10.0 Å². The van der Waals surface area contributed by atoms with E-state index in [1.54, 1.807) is 25.1 Å². The van der Waals surface area contributed by atoms with E-state index in [1.807, 2.05) is 0 Å². The molecule has 22 heavy (non-hydrogen) atoms. The maximum Gasteiger partial charge on any atom is 0.238 e. The molecule has 2 heterocycles. The summed E-state index contributed by atoms with van der Waals surface area (Å²) >= 11 is 12.3. The van der Waals surface area contributed by atoms with E-state index in [-0.39, 0.29) is 5.91 Å². The Balaban J connectivity index is 1.98. The summed E-state index contributed by atoms with van der Waals surface area (Å²) in [7, 11) is 0. The Kier molecular flexibility index (Phi) is 3.80. The third-order valence-corrected chi connectivity index (χ3v) is 4.05. The minimum absolute atomic E-state index is 0.302. The number of nitrogens with zero attached hydrogens (tertiary/aromatic N) is 1. The number of benzene rings is 1. The van der Waals surface area contributed by atoms with Gasteiger partial charge in [-0.25, -0.2) is 0 Å². The van der Waals surface area contributed by atoms with E-state index in [0.717, 1.165) is 0 Å². The minimum atomic E-state index is -0.705. The second kappa shape index (κ2) is 5.62. The van der Waals surface area contributed by atoms with Crippen molar-refractivity contribution in [3.63, 3.8) is 0 Å². The van der Waals surface area contributed by atoms with Crippen LogP contribution in [0.25, 0.3) is 11.3 Å². The van der Waals surface area contributed by atoms with Gasteiger partial charge in [-0.1, -0.05) is 34.4 Å². The molecule has 1 aliphatic rings. The predicted octanol–water partition coefficient (Wildman–Crippen LogP) is 2.64. The van der Waals surface area contributed by atoms with Crippen LogP contribution in [0.4, 0.5) is 5.69 Å². The summed E-state index contributed by atoms with van der Waals surface area (Å²) in [6.45, 7) is 1.97. The number of nitrogens with one attached hydrogen (secondary N) is 2. The SMILES string of the molecule is Cc1onc(-c2c(Cl)cccc2Cl)c1NC(=O)C1CNC1=O. The molecule has 1 aromatic heterocycles. The molecule has 2 aromatic rings. The summed E-state index contributed by atoms with van der Waals surface area (Å²) < 4.78 is 5.14. The molecule has 0 radical (unpaired) electrons. The average molecular weight is 340 g/mol. The molecule has 1 aromatic carbocycles. The van der Waals surface area contributed by atoms with Gasteiger partial charge in [-0.15, -0.1) is 0 Å². The highest BCUT2D eigenvalue weighted by Gasteiger charge is 2.35. The lowest BCUT2D eigenvalue weighted by Crippen LogP contribution is -2.54. The van der Waals surface area contributed by atoms with Gasteiger partial charge in [-0.3, -0.25) is 9.59 Å². The van der Waals surface area contributed by atoms with Crippen LogP contribution in [0.3, 0.4) is 0 Å². The number of carbonyl (C=O) groups excluding carboxylic acids is 2. The Morgan fingerprint density at radius 2 is 2.09 bits per heavy atom. The van der Waals surface area contributed by atoms with E-state index in [0.29, 0.717) is 39.3 Å². The largest absolute Gasteiger partial charge is 0.359 e. The van der Waals surface area contributed by atoms with Crippen molar-refractivity contribution in [2.24, 2.45) is 5.92 Å². The molecule has 0 saturated carbocycles. The number of amides is 2. The fourth-order valence-electron chi connectivity index (χ4n) is 2.12. The van der Waals surface area contributed by atoms with Gasteiger partial charge in [0.25, 0.3) is 0 Å². The summed E-state index contributed by atoms with van der Waals surface area (Å²) in [6.07, 6.45) is 0. The van der Waals surface area contributed by atoms with Crippen molar-refractivity contribution < 1.29 is 14.1 Å². The number of hydrogen-bond acceptors (Lipinski definition) is 4. The molecule has 1 fully saturated rings. The normalized spacial score (nSPS) is 16.9. The van der Waals surface area contributed by atoms with E-state index in [4.69, 9.17) is 27.7 Å². The summed E-state index contributed by atoms with van der Waals surface area (Å²) in [5.41, 5.74) is 1.16. The molecule has 0 spiro atoms. The smallest absolute Gasteiger partial charge is 0.238 e. The van der Waals surface area contributed by atoms with Gasteiger partial charge in [0.2, 0.25) is 11.8 Å². The maximum atomic E-state index is 12.1. The fraction of sp³-hybridized carbons (Fsp3) is 0.214. The van der Waals surface area contributed by atoms with Crippen molar-refractivity contribution in [3.05, 3.63) is 34.0 Å². The second-order valence-electron chi connectivity index (χ2n) is 4.85. The topological polar surface area (TPSA) is 84.2 Å². The first-order valence-electron chi connectivity index (χ1n) is 6.48. The zero-order valence-electron chi connectivity index (χ0n) is 11.4. The minimum Gasteiger partial charge on any atom is -0.359 e. The highest BCUT2D eigenvalue weighted by Crippen LogP contribution is 2.39. The van der Waals surface area contributed by atoms with Gasteiger partial charge in [-0.2, -0.15) is 0 Å². The van der Waals surface area contributed by atoms with Crippen LogP contribution in [0, 0.1) is 12.8 Å². The number of carbonyl (C=O) groups is 2. The number of hydrogen-bond donors (Lipinski definition) is 2. The molecule has 0 bridgehead atoms. The molecular weight excluding hydrogens is 329 g/mol. The molecule has 1 atom stereocenters. The number of β-lactam (4-membered cyclic amide) rings is 1. The predicted molar refractivity (Wildman–Crippen MR) is 81.8 cm³/mol. The second-order valence-corrected chi connectivity index (χ2v) is 5.66. The Morgan fingerprint density at radius 1 is 1.41 bits per heavy atom. The summed E-state index contributed by atoms with van der Waals surface area (Å²) in [5.74, 6) is -1.02. The summed E-state index contributed by atoms with van der Waals surface area (Å²) in [6, 6.07) is 5.04. The van der Waals surface area contributed by atoms with Gasteiger partial charge >= 0.3 is 0 Å². The molecule has 8 heteroatoms. The van der Waals surface area contributed by atoms with Crippen LogP contribution in [0.5, 0.6) is 0 Å². The Bertz CT molecular complexity index is 752. The van der Waals surface area contributed by atoms with Crippen LogP contribution >= 0.6 is 23.2 Å². The molecule has 6 nitrogen and oxygen atoms in total. The highest BCUT2D eigenvalue weighted by molar-refractivity contribution is 6.39. The highest BCUT2D eigenvalue weighted by atomic mass is 35.5. The monoisotopic (exact) mass is 339 g/mol. The van der Waals surface area contributed by atoms with E-state index in [1.165, 1.54) is 0 Å². The number of aryl methyl sites for hydroxylation is 1. The Labute approximate surface area is 135 Å². The lowest BCUT2D eigenvalue weighted by atomic mass is 10.0. The fourth-order valence-corrected chi connectivity index (χ4v) is 2.70. The van der Waals surface area contributed by atoms with Gasteiger partial charge in [0.15, 0.2) is 5.76 Å². The molecule has 1 saturated heterocycles. The van der Waals surface area contributed by atoms with Crippen molar-refractivity contribution in [3.8, 4) is 11.3 Å². The zero-order chi connectivity index (χ0) is 15.9. The average Bonchev–Trinajstić information content (AvgIpc) is 2.79. The number of rotatable bonds is 3. The first-order valence-corrected chi connectivity index (χ1v) is 7.24. The molecule has 2 amide bonds. The summed E-state index contributed by atoms with van der Waals surface area (Å²) in [4.78, 5) is 23.4. The van der Waals surface area contributed by atoms with Crippen LogP contribution in [0.1, 0.15) is 5.76 Å². The molecule has 114 valence electrons. The molecule has 0 aliphatic carbocycles. The quantitative estimate of drug-likeness (QED) is 0.665. The number of aromatic nitrogens is 1. The third-order valence-electron chi connectivity index (χ3n) is 3.42. The summed E-state index contributed by atoms with van der Waals surface area (Å²) in [5, 5.41) is 9.89. The van der Waals surface area contributed by atoms with Gasteiger partial charge < -0.3 is 15.2 Å². The van der Waals surface area contributed by atoms with Crippen LogP contribution in [-0.4, -0.2) is 23.5 Å². The number of anilines is 1. The molecule has 3 rings (SSSR count). The van der Waals surface area contributed by atoms with E-state index in [9.17, 15) is 9.59 Å². The Hall–Kier alpha value is -2.05. The van der Waals surface area contributed by atoms with Crippen molar-refractivity contribution in [2.45, 2.75) is 6.92 Å². The van der Waals surface area contributed by atoms with Crippen molar-refractivity contribution >= 4 is 40.7 Å². The van der Waals surface area contributed by atoms with Crippen molar-refractivity contribution in [2.75, 3.05) is 11.9 Å². The zero-order valence-corrected chi connectivity index (χ0v) is 13.0. The van der Waals surface area contributed by atoms with Crippen molar-refractivity contribution in [1.82, 2.24) is 10.5 Å². The van der Waals surface area contributed by atoms with E-state index < -0.39 is 11.8 Å². The molecule has 2 N–H and O–H groups in total. The first kappa shape index (κ1) is 14.9. The van der Waals surface area contributed by atoms with Crippen LogP contribution in [-0.2, 0) is 9.59 Å². The lowest BCUT2D eigenvalue weighted by Gasteiger charge is -2.24. The Morgan fingerprint density at radius 3 is 2.64 bits per heavy atom. The van der Waals surface area contributed by atoms with Crippen LogP contribution < -0.4 is 10.6 Å². The molecule has 1 aliphatic heterocycles. The standard InChI is InChI=1S/C14H11Cl2N3O3/c1-6-11(18-14(21)7-5-17-13(7)20)12(19-22-6)10-8(15)3-2-4-9(10)16/h2-4,7H,5H2,1H3,(H,17,20)(H,18,21). The lowest BCUT2D eigenvalue weighted by molar-refractivity contribution is -0.138. The van der Waals surface area contributed by atoms with E-state index in [2.05, 4.69) is 15.8 Å². The molecule has 1 unspecified atom stereocenters. The van der Waals surface area contributed by atoms with Gasteiger partial charge in [0.1, 0.15) is 17.3 Å². The maximum absolute atomic E-state index is 12.1. The first-order chi connectivity index (χ1) is 10.5. The van der Waals surface area contributed by atoms with E-state index >= 15 is 0 Å². The molecular formula is C14H11Cl2N3O3. The third kappa shape index (κ3) is 2.44. The van der Waals surface area contributed by atoms with Gasteiger partial charge in [0, 0.05) is 12.1 Å².